The Morgan fingerprint density at radius 3 is 2.96 bits per heavy atom. The summed E-state index contributed by atoms with van der Waals surface area (Å²) < 4.78 is 19.0. The Morgan fingerprint density at radius 1 is 1.28 bits per heavy atom. The fourth-order valence-corrected chi connectivity index (χ4v) is 3.02. The number of hydrogen-bond acceptors (Lipinski definition) is 5. The van der Waals surface area contributed by atoms with Gasteiger partial charge in [-0.2, -0.15) is 0 Å². The van der Waals surface area contributed by atoms with Gasteiger partial charge in [0.1, 0.15) is 11.3 Å². The number of piperazine rings is 1. The minimum Gasteiger partial charge on any atom is -0.439 e. The van der Waals surface area contributed by atoms with E-state index < -0.39 is 0 Å². The molecular weight excluding hydrogens is 366 g/mol. The van der Waals surface area contributed by atoms with Crippen molar-refractivity contribution in [2.45, 2.75) is 12.6 Å². The highest BCUT2D eigenvalue weighted by molar-refractivity contribution is 5.85. The summed E-state index contributed by atoms with van der Waals surface area (Å²) in [5.74, 6) is 0.303. The van der Waals surface area contributed by atoms with Crippen LogP contribution < -0.4 is 5.32 Å². The Hall–Kier alpha value is -1.73. The van der Waals surface area contributed by atoms with Crippen LogP contribution in [0.4, 0.5) is 4.39 Å². The van der Waals surface area contributed by atoms with E-state index in [1.54, 1.807) is 12.3 Å². The molecule has 5 nitrogen and oxygen atoms in total. The summed E-state index contributed by atoms with van der Waals surface area (Å²) in [6, 6.07) is 8.68. The highest BCUT2D eigenvalue weighted by Crippen LogP contribution is 2.25. The van der Waals surface area contributed by atoms with Crippen LogP contribution in [0.2, 0.25) is 0 Å². The number of aromatic nitrogens is 2. The van der Waals surface area contributed by atoms with Gasteiger partial charge in [0.2, 0.25) is 5.89 Å². The first kappa shape index (κ1) is 19.6. The maximum Gasteiger partial charge on any atom is 0.209 e. The van der Waals surface area contributed by atoms with Crippen molar-refractivity contribution in [2.75, 3.05) is 19.6 Å². The van der Waals surface area contributed by atoms with E-state index >= 15 is 0 Å². The Morgan fingerprint density at radius 2 is 2.16 bits per heavy atom. The van der Waals surface area contributed by atoms with Crippen LogP contribution in [0.1, 0.15) is 17.5 Å². The van der Waals surface area contributed by atoms with Gasteiger partial charge in [-0.3, -0.25) is 9.88 Å². The molecule has 1 saturated heterocycles. The van der Waals surface area contributed by atoms with Crippen LogP contribution in [-0.4, -0.2) is 34.5 Å². The summed E-state index contributed by atoms with van der Waals surface area (Å²) in [4.78, 5) is 11.0. The average molecular weight is 385 g/mol. The van der Waals surface area contributed by atoms with Crippen LogP contribution in [0, 0.1) is 5.82 Å². The molecule has 0 amide bonds. The van der Waals surface area contributed by atoms with Crippen LogP contribution in [0.15, 0.2) is 47.1 Å². The summed E-state index contributed by atoms with van der Waals surface area (Å²) in [5.41, 5.74) is 2.35. The van der Waals surface area contributed by atoms with Crippen molar-refractivity contribution >= 4 is 35.9 Å². The number of benzene rings is 1. The number of oxazole rings is 1. The standard InChI is InChI=1S/C17H17FN4O.2ClH/c18-13-3-4-14-16(8-13)23-17(21-14)11-22-7-6-20-10-15(22)12-2-1-5-19-9-12;;/h1-5,8-9,15,20H,6-7,10-11H2;2*1H. The normalized spacial score (nSPS) is 17.7. The molecule has 3 aromatic rings. The van der Waals surface area contributed by atoms with Gasteiger partial charge in [0.05, 0.1) is 6.54 Å². The number of pyridine rings is 1. The lowest BCUT2D eigenvalue weighted by Gasteiger charge is -2.35. The predicted octanol–water partition coefficient (Wildman–Crippen LogP) is 3.35. The van der Waals surface area contributed by atoms with Crippen LogP contribution in [0.5, 0.6) is 0 Å². The molecule has 0 spiro atoms. The molecule has 1 fully saturated rings. The summed E-state index contributed by atoms with van der Waals surface area (Å²) in [7, 11) is 0. The van der Waals surface area contributed by atoms with Crippen molar-refractivity contribution in [2.24, 2.45) is 0 Å². The van der Waals surface area contributed by atoms with Gasteiger partial charge in [-0.1, -0.05) is 6.07 Å². The summed E-state index contributed by atoms with van der Waals surface area (Å²) >= 11 is 0. The number of halogens is 3. The third kappa shape index (κ3) is 4.27. The quantitative estimate of drug-likeness (QED) is 0.750. The van der Waals surface area contributed by atoms with Gasteiger partial charge >= 0.3 is 0 Å². The predicted molar refractivity (Wildman–Crippen MR) is 98.7 cm³/mol. The Kier molecular flexibility index (Phi) is 6.72. The van der Waals surface area contributed by atoms with Crippen molar-refractivity contribution < 1.29 is 8.81 Å². The maximum atomic E-state index is 13.3. The van der Waals surface area contributed by atoms with Crippen LogP contribution in [0.3, 0.4) is 0 Å². The molecular formula is C17H19Cl2FN4O. The zero-order chi connectivity index (χ0) is 15.6. The molecule has 2 aromatic heterocycles. The first-order chi connectivity index (χ1) is 11.3. The smallest absolute Gasteiger partial charge is 0.209 e. The molecule has 3 heterocycles. The summed E-state index contributed by atoms with van der Waals surface area (Å²) in [6.07, 6.45) is 3.67. The molecule has 1 atom stereocenters. The van der Waals surface area contributed by atoms with Crippen molar-refractivity contribution in [1.29, 1.82) is 0 Å². The lowest BCUT2D eigenvalue weighted by atomic mass is 10.1. The van der Waals surface area contributed by atoms with Crippen LogP contribution in [0.25, 0.3) is 11.1 Å². The Bertz CT molecular complexity index is 815. The van der Waals surface area contributed by atoms with E-state index in [1.807, 2.05) is 12.3 Å². The molecule has 1 N–H and O–H groups in total. The van der Waals surface area contributed by atoms with Crippen LogP contribution in [-0.2, 0) is 6.54 Å². The zero-order valence-corrected chi connectivity index (χ0v) is 15.0. The molecule has 8 heteroatoms. The molecule has 0 radical (unpaired) electrons. The van der Waals surface area contributed by atoms with E-state index in [0.717, 1.165) is 19.6 Å². The fraction of sp³-hybridized carbons (Fsp3) is 0.294. The summed E-state index contributed by atoms with van der Waals surface area (Å²) in [5, 5.41) is 3.41. The third-order valence-corrected chi connectivity index (χ3v) is 4.16. The molecule has 0 saturated carbocycles. The van der Waals surface area contributed by atoms with Gasteiger partial charge in [-0.05, 0) is 23.8 Å². The molecule has 0 bridgehead atoms. The third-order valence-electron chi connectivity index (χ3n) is 4.16. The molecule has 1 aliphatic rings. The van der Waals surface area contributed by atoms with Crippen LogP contribution >= 0.6 is 24.8 Å². The first-order valence-corrected chi connectivity index (χ1v) is 7.69. The number of nitrogens with one attached hydrogen (secondary N) is 1. The minimum absolute atomic E-state index is 0. The van der Waals surface area contributed by atoms with Gasteiger partial charge in [-0.15, -0.1) is 24.8 Å². The Labute approximate surface area is 157 Å². The van der Waals surface area contributed by atoms with Gasteiger partial charge < -0.3 is 9.73 Å². The number of nitrogens with zero attached hydrogens (tertiary/aromatic N) is 3. The van der Waals surface area contributed by atoms with E-state index in [0.29, 0.717) is 23.5 Å². The van der Waals surface area contributed by atoms with Crippen molar-refractivity contribution in [3.8, 4) is 0 Å². The number of fused-ring (bicyclic) bond motifs is 1. The van der Waals surface area contributed by atoms with Gasteiger partial charge in [0.15, 0.2) is 5.58 Å². The van der Waals surface area contributed by atoms with E-state index in [-0.39, 0.29) is 36.7 Å². The molecule has 25 heavy (non-hydrogen) atoms. The largest absolute Gasteiger partial charge is 0.439 e. The summed E-state index contributed by atoms with van der Waals surface area (Å²) in [6.45, 7) is 3.27. The molecule has 134 valence electrons. The van der Waals surface area contributed by atoms with Crippen molar-refractivity contribution in [1.82, 2.24) is 20.2 Å². The number of hydrogen-bond donors (Lipinski definition) is 1. The second kappa shape index (κ2) is 8.58. The monoisotopic (exact) mass is 384 g/mol. The minimum atomic E-state index is -0.310. The van der Waals surface area contributed by atoms with Gasteiger partial charge in [0, 0.05) is 44.1 Å². The highest BCUT2D eigenvalue weighted by Gasteiger charge is 2.25. The second-order valence-electron chi connectivity index (χ2n) is 5.70. The lowest BCUT2D eigenvalue weighted by molar-refractivity contribution is 0.141. The molecule has 1 aromatic carbocycles. The molecule has 1 unspecified atom stereocenters. The molecule has 4 rings (SSSR count). The van der Waals surface area contributed by atoms with Gasteiger partial charge in [-0.25, -0.2) is 9.37 Å². The lowest BCUT2D eigenvalue weighted by Crippen LogP contribution is -2.45. The van der Waals surface area contributed by atoms with E-state index in [2.05, 4.69) is 26.3 Å². The van der Waals surface area contributed by atoms with Crippen molar-refractivity contribution in [3.05, 3.63) is 60.0 Å². The molecule has 0 aliphatic carbocycles. The van der Waals surface area contributed by atoms with E-state index in [9.17, 15) is 4.39 Å². The SMILES string of the molecule is Cl.Cl.Fc1ccc2nc(CN3CCNCC3c3cccnc3)oc2c1. The average Bonchev–Trinajstić information content (AvgIpc) is 2.97. The Balaban J connectivity index is 0.00000113. The highest BCUT2D eigenvalue weighted by atomic mass is 35.5. The fourth-order valence-electron chi connectivity index (χ4n) is 3.02. The maximum absolute atomic E-state index is 13.3. The topological polar surface area (TPSA) is 54.2 Å². The van der Waals surface area contributed by atoms with E-state index in [4.69, 9.17) is 4.42 Å². The number of rotatable bonds is 3. The first-order valence-electron chi connectivity index (χ1n) is 7.69. The van der Waals surface area contributed by atoms with Gasteiger partial charge in [0.25, 0.3) is 0 Å². The zero-order valence-electron chi connectivity index (χ0n) is 13.4. The molecule has 1 aliphatic heterocycles. The second-order valence-corrected chi connectivity index (χ2v) is 5.70. The van der Waals surface area contributed by atoms with Crippen molar-refractivity contribution in [3.63, 3.8) is 0 Å². The van der Waals surface area contributed by atoms with E-state index in [1.165, 1.54) is 17.7 Å².